The molecule has 1 fully saturated rings. The molecule has 0 bridgehead atoms. The van der Waals surface area contributed by atoms with Crippen LogP contribution in [0.1, 0.15) is 12.5 Å². The van der Waals surface area contributed by atoms with E-state index in [4.69, 9.17) is 23.2 Å². The summed E-state index contributed by atoms with van der Waals surface area (Å²) in [5, 5.41) is 8.02. The predicted molar refractivity (Wildman–Crippen MR) is 123 cm³/mol. The fourth-order valence-corrected chi connectivity index (χ4v) is 3.35. The van der Waals surface area contributed by atoms with Crippen LogP contribution in [0.3, 0.4) is 0 Å². The average Bonchev–Trinajstić information content (AvgIpc) is 2.58. The van der Waals surface area contributed by atoms with E-state index in [2.05, 4.69) is 39.4 Å². The van der Waals surface area contributed by atoms with Crippen molar-refractivity contribution in [3.63, 3.8) is 0 Å². The summed E-state index contributed by atoms with van der Waals surface area (Å²) < 4.78 is 0. The Bertz CT molecular complexity index is 577. The average molecular weight is 514 g/mol. The molecule has 1 heterocycles. The Hall–Kier alpha value is -0.280. The number of halogens is 3. The SMILES string of the molecule is CN=C(NCc1ccc(Cl)cc1Cl)NCC(C)CN1CCN(C)CC1.I. The van der Waals surface area contributed by atoms with E-state index < -0.39 is 0 Å². The molecule has 0 radical (unpaired) electrons. The van der Waals surface area contributed by atoms with Crippen molar-refractivity contribution in [3.05, 3.63) is 33.8 Å². The number of rotatable bonds is 6. The molecule has 26 heavy (non-hydrogen) atoms. The molecule has 1 aliphatic rings. The van der Waals surface area contributed by atoms with Gasteiger partial charge in [0.15, 0.2) is 5.96 Å². The molecule has 1 aliphatic heterocycles. The van der Waals surface area contributed by atoms with Crippen molar-refractivity contribution >= 4 is 53.1 Å². The third-order valence-corrected chi connectivity index (χ3v) is 5.06. The van der Waals surface area contributed by atoms with Gasteiger partial charge >= 0.3 is 0 Å². The quantitative estimate of drug-likeness (QED) is 0.348. The summed E-state index contributed by atoms with van der Waals surface area (Å²) >= 11 is 12.1. The maximum absolute atomic E-state index is 6.21. The van der Waals surface area contributed by atoms with Crippen LogP contribution in [0.4, 0.5) is 0 Å². The number of nitrogens with zero attached hydrogens (tertiary/aromatic N) is 3. The molecule has 1 unspecified atom stereocenters. The van der Waals surface area contributed by atoms with Crippen molar-refractivity contribution in [3.8, 4) is 0 Å². The Morgan fingerprint density at radius 2 is 1.88 bits per heavy atom. The van der Waals surface area contributed by atoms with Crippen molar-refractivity contribution in [2.24, 2.45) is 10.9 Å². The number of benzene rings is 1. The van der Waals surface area contributed by atoms with Gasteiger partial charge in [0.1, 0.15) is 0 Å². The van der Waals surface area contributed by atoms with E-state index in [9.17, 15) is 0 Å². The largest absolute Gasteiger partial charge is 0.356 e. The lowest BCUT2D eigenvalue weighted by atomic mass is 10.1. The van der Waals surface area contributed by atoms with Gasteiger partial charge in [0.25, 0.3) is 0 Å². The van der Waals surface area contributed by atoms with Crippen molar-refractivity contribution < 1.29 is 0 Å². The normalized spacial score (nSPS) is 17.5. The third-order valence-electron chi connectivity index (χ3n) is 4.47. The minimum absolute atomic E-state index is 0. The molecule has 1 aromatic rings. The highest BCUT2D eigenvalue weighted by Crippen LogP contribution is 2.20. The maximum Gasteiger partial charge on any atom is 0.191 e. The second-order valence-corrected chi connectivity index (χ2v) is 7.60. The fraction of sp³-hybridized carbons (Fsp3) is 0.611. The molecule has 0 amide bonds. The van der Waals surface area contributed by atoms with Gasteiger partial charge in [-0.05, 0) is 30.7 Å². The summed E-state index contributed by atoms with van der Waals surface area (Å²) in [7, 11) is 3.97. The zero-order chi connectivity index (χ0) is 18.2. The zero-order valence-electron chi connectivity index (χ0n) is 15.8. The van der Waals surface area contributed by atoms with E-state index in [1.54, 1.807) is 13.1 Å². The van der Waals surface area contributed by atoms with Crippen LogP contribution in [0.15, 0.2) is 23.2 Å². The Balaban J connectivity index is 0.00000338. The first-order chi connectivity index (χ1) is 12.0. The summed E-state index contributed by atoms with van der Waals surface area (Å²) in [6.07, 6.45) is 0. The number of likely N-dealkylation sites (N-methyl/N-ethyl adjacent to an activating group) is 1. The van der Waals surface area contributed by atoms with Crippen LogP contribution in [0.2, 0.25) is 10.0 Å². The maximum atomic E-state index is 6.21. The number of hydrogen-bond acceptors (Lipinski definition) is 3. The lowest BCUT2D eigenvalue weighted by Gasteiger charge is -2.34. The van der Waals surface area contributed by atoms with Crippen LogP contribution in [0.25, 0.3) is 0 Å². The lowest BCUT2D eigenvalue weighted by molar-refractivity contribution is 0.139. The van der Waals surface area contributed by atoms with Gasteiger partial charge in [-0.25, -0.2) is 0 Å². The van der Waals surface area contributed by atoms with Crippen molar-refractivity contribution in [1.82, 2.24) is 20.4 Å². The van der Waals surface area contributed by atoms with Crippen LogP contribution in [0.5, 0.6) is 0 Å². The van der Waals surface area contributed by atoms with Crippen LogP contribution in [0, 0.1) is 5.92 Å². The number of guanidine groups is 1. The summed E-state index contributed by atoms with van der Waals surface area (Å²) in [6.45, 7) is 9.51. The topological polar surface area (TPSA) is 42.9 Å². The Kier molecular flexibility index (Phi) is 11.2. The molecule has 148 valence electrons. The van der Waals surface area contributed by atoms with Crippen LogP contribution in [-0.4, -0.2) is 69.1 Å². The van der Waals surface area contributed by atoms with E-state index in [-0.39, 0.29) is 24.0 Å². The molecule has 2 rings (SSSR count). The van der Waals surface area contributed by atoms with Gasteiger partial charge in [0.05, 0.1) is 0 Å². The van der Waals surface area contributed by atoms with E-state index >= 15 is 0 Å². The molecular weight excluding hydrogens is 484 g/mol. The third kappa shape index (κ3) is 8.17. The first-order valence-corrected chi connectivity index (χ1v) is 9.53. The van der Waals surface area contributed by atoms with Crippen molar-refractivity contribution in [2.45, 2.75) is 13.5 Å². The van der Waals surface area contributed by atoms with Crippen molar-refractivity contribution in [2.75, 3.05) is 53.4 Å². The standard InChI is InChI=1S/C18H29Cl2N5.HI/c1-14(13-25-8-6-24(3)7-9-25)11-22-18(21-2)23-12-15-4-5-16(19)10-17(15)20;/h4-5,10,14H,6-9,11-13H2,1-3H3,(H2,21,22,23);1H. The molecule has 1 aromatic carbocycles. The molecule has 5 nitrogen and oxygen atoms in total. The molecule has 0 saturated carbocycles. The summed E-state index contributed by atoms with van der Waals surface area (Å²) in [6, 6.07) is 5.54. The fourth-order valence-electron chi connectivity index (χ4n) is 2.87. The number of piperazine rings is 1. The molecule has 8 heteroatoms. The van der Waals surface area contributed by atoms with Crippen molar-refractivity contribution in [1.29, 1.82) is 0 Å². The van der Waals surface area contributed by atoms with E-state index in [0.29, 0.717) is 22.5 Å². The molecule has 1 atom stereocenters. The van der Waals surface area contributed by atoms with Gasteiger partial charge in [-0.2, -0.15) is 0 Å². The highest BCUT2D eigenvalue weighted by Gasteiger charge is 2.16. The highest BCUT2D eigenvalue weighted by molar-refractivity contribution is 14.0. The zero-order valence-corrected chi connectivity index (χ0v) is 19.6. The van der Waals surface area contributed by atoms with Gasteiger partial charge in [0.2, 0.25) is 0 Å². The molecule has 1 saturated heterocycles. The minimum Gasteiger partial charge on any atom is -0.356 e. The second kappa shape index (κ2) is 12.2. The van der Waals surface area contributed by atoms with E-state index in [0.717, 1.165) is 50.8 Å². The van der Waals surface area contributed by atoms with Gasteiger partial charge < -0.3 is 20.4 Å². The number of hydrogen-bond donors (Lipinski definition) is 2. The van der Waals surface area contributed by atoms with Crippen LogP contribution < -0.4 is 10.6 Å². The van der Waals surface area contributed by atoms with E-state index in [1.165, 1.54) is 0 Å². The molecular formula is C18H30Cl2IN5. The van der Waals surface area contributed by atoms with E-state index in [1.807, 2.05) is 12.1 Å². The lowest BCUT2D eigenvalue weighted by Crippen LogP contribution is -2.47. The molecule has 0 aliphatic carbocycles. The van der Waals surface area contributed by atoms with Gasteiger partial charge in [-0.1, -0.05) is 36.2 Å². The first kappa shape index (κ1) is 23.8. The smallest absolute Gasteiger partial charge is 0.191 e. The Morgan fingerprint density at radius 3 is 2.50 bits per heavy atom. The summed E-state index contributed by atoms with van der Waals surface area (Å²) in [5.41, 5.74) is 1.000. The molecule has 2 N–H and O–H groups in total. The predicted octanol–water partition coefficient (Wildman–Crippen LogP) is 3.16. The number of nitrogens with one attached hydrogen (secondary N) is 2. The molecule has 0 aromatic heterocycles. The van der Waals surface area contributed by atoms with Gasteiger partial charge in [-0.3, -0.25) is 4.99 Å². The van der Waals surface area contributed by atoms with Gasteiger partial charge in [-0.15, -0.1) is 24.0 Å². The summed E-state index contributed by atoms with van der Waals surface area (Å²) in [5.74, 6) is 1.34. The first-order valence-electron chi connectivity index (χ1n) is 8.77. The minimum atomic E-state index is 0. The molecule has 0 spiro atoms. The number of aliphatic imine (C=N–C) groups is 1. The van der Waals surface area contributed by atoms with Gasteiger partial charge in [0, 0.05) is 62.9 Å². The second-order valence-electron chi connectivity index (χ2n) is 6.75. The Morgan fingerprint density at radius 1 is 1.19 bits per heavy atom. The van der Waals surface area contributed by atoms with Crippen LogP contribution >= 0.6 is 47.2 Å². The summed E-state index contributed by atoms with van der Waals surface area (Å²) in [4.78, 5) is 9.20. The van der Waals surface area contributed by atoms with Crippen LogP contribution in [-0.2, 0) is 6.54 Å². The monoisotopic (exact) mass is 513 g/mol. The Labute approximate surface area is 184 Å². The highest BCUT2D eigenvalue weighted by atomic mass is 127.